The smallest absolute Gasteiger partial charge is 0.271 e. The van der Waals surface area contributed by atoms with E-state index in [0.717, 1.165) is 34.6 Å². The topological polar surface area (TPSA) is 89.7 Å². The van der Waals surface area contributed by atoms with Crippen LogP contribution in [0.5, 0.6) is 5.75 Å². The van der Waals surface area contributed by atoms with Gasteiger partial charge < -0.3 is 4.74 Å². The van der Waals surface area contributed by atoms with E-state index in [4.69, 9.17) is 4.74 Å². The summed E-state index contributed by atoms with van der Waals surface area (Å²) in [5, 5.41) is 10.9. The van der Waals surface area contributed by atoms with Gasteiger partial charge in [0.25, 0.3) is 5.69 Å². The molecule has 2 aromatic carbocycles. The molecule has 0 N–H and O–H groups in total. The highest BCUT2D eigenvalue weighted by molar-refractivity contribution is 7.89. The Balaban J connectivity index is 2.43. The van der Waals surface area contributed by atoms with Crippen LogP contribution in [0.1, 0.15) is 5.56 Å². The van der Waals surface area contributed by atoms with Gasteiger partial charge in [0.05, 0.1) is 12.0 Å². The summed E-state index contributed by atoms with van der Waals surface area (Å²) < 4.78 is 57.8. The molecule has 7 nitrogen and oxygen atoms in total. The van der Waals surface area contributed by atoms with Crippen molar-refractivity contribution in [3.8, 4) is 5.75 Å². The van der Waals surface area contributed by atoms with E-state index in [1.54, 1.807) is 0 Å². The quantitative estimate of drug-likeness (QED) is 0.574. The Hall–Kier alpha value is -2.59. The van der Waals surface area contributed by atoms with Crippen LogP contribution in [0.4, 0.5) is 14.5 Å². The van der Waals surface area contributed by atoms with Crippen molar-refractivity contribution < 1.29 is 26.9 Å². The van der Waals surface area contributed by atoms with Gasteiger partial charge in [0.15, 0.2) is 0 Å². The highest BCUT2D eigenvalue weighted by Gasteiger charge is 2.28. The van der Waals surface area contributed by atoms with Gasteiger partial charge in [-0.15, -0.1) is 0 Å². The summed E-state index contributed by atoms with van der Waals surface area (Å²) in [6.07, 6.45) is 0. The van der Waals surface area contributed by atoms with E-state index in [0.29, 0.717) is 6.07 Å². The first-order valence-electron chi connectivity index (χ1n) is 6.89. The monoisotopic (exact) mass is 372 g/mol. The minimum Gasteiger partial charge on any atom is -0.495 e. The van der Waals surface area contributed by atoms with Crippen LogP contribution in [-0.4, -0.2) is 31.8 Å². The van der Waals surface area contributed by atoms with Crippen LogP contribution in [0.25, 0.3) is 0 Å². The number of halogens is 2. The average molecular weight is 372 g/mol. The molecule has 0 bridgehead atoms. The molecule has 0 spiro atoms. The predicted octanol–water partition coefficient (Wildman–Crippen LogP) is 2.70. The number of rotatable bonds is 6. The Bertz CT molecular complexity index is 918. The molecule has 2 aromatic rings. The van der Waals surface area contributed by atoms with Crippen molar-refractivity contribution in [1.29, 1.82) is 0 Å². The molecule has 134 valence electrons. The molecule has 0 amide bonds. The molecule has 25 heavy (non-hydrogen) atoms. The van der Waals surface area contributed by atoms with E-state index in [9.17, 15) is 27.3 Å². The van der Waals surface area contributed by atoms with E-state index in [2.05, 4.69) is 0 Å². The van der Waals surface area contributed by atoms with Crippen molar-refractivity contribution in [3.05, 3.63) is 63.7 Å². The Labute approximate surface area is 142 Å². The number of nitro benzene ring substituents is 1. The zero-order valence-corrected chi connectivity index (χ0v) is 14.1. The third-order valence-electron chi connectivity index (χ3n) is 3.45. The molecule has 0 heterocycles. The van der Waals surface area contributed by atoms with E-state index in [1.165, 1.54) is 14.2 Å². The van der Waals surface area contributed by atoms with Crippen LogP contribution in [-0.2, 0) is 16.6 Å². The van der Waals surface area contributed by atoms with Crippen molar-refractivity contribution in [1.82, 2.24) is 4.31 Å². The molecule has 0 aromatic heterocycles. The number of benzene rings is 2. The van der Waals surface area contributed by atoms with Gasteiger partial charge in [-0.05, 0) is 12.1 Å². The second-order valence-corrected chi connectivity index (χ2v) is 7.10. The van der Waals surface area contributed by atoms with Crippen LogP contribution in [0.15, 0.2) is 41.3 Å². The second-order valence-electron chi connectivity index (χ2n) is 5.09. The third kappa shape index (κ3) is 3.91. The Morgan fingerprint density at radius 2 is 1.88 bits per heavy atom. The van der Waals surface area contributed by atoms with Gasteiger partial charge >= 0.3 is 0 Å². The number of ether oxygens (including phenoxy) is 1. The Kier molecular flexibility index (Phi) is 5.33. The molecular weight excluding hydrogens is 358 g/mol. The summed E-state index contributed by atoms with van der Waals surface area (Å²) in [6.45, 7) is -0.389. The largest absolute Gasteiger partial charge is 0.495 e. The van der Waals surface area contributed by atoms with Gasteiger partial charge in [-0.3, -0.25) is 10.1 Å². The molecule has 2 rings (SSSR count). The fourth-order valence-corrected chi connectivity index (χ4v) is 3.44. The lowest BCUT2D eigenvalue weighted by Crippen LogP contribution is -2.27. The Morgan fingerprint density at radius 3 is 2.44 bits per heavy atom. The van der Waals surface area contributed by atoms with Crippen molar-refractivity contribution >= 4 is 15.7 Å². The number of nitro groups is 1. The minimum atomic E-state index is -4.22. The summed E-state index contributed by atoms with van der Waals surface area (Å²) in [5.41, 5.74) is -0.474. The van der Waals surface area contributed by atoms with E-state index >= 15 is 0 Å². The number of methoxy groups -OCH3 is 1. The van der Waals surface area contributed by atoms with Crippen molar-refractivity contribution in [2.45, 2.75) is 11.4 Å². The first-order valence-corrected chi connectivity index (χ1v) is 8.33. The maximum atomic E-state index is 13.7. The highest BCUT2D eigenvalue weighted by atomic mass is 32.2. The molecule has 0 aliphatic carbocycles. The Morgan fingerprint density at radius 1 is 1.20 bits per heavy atom. The summed E-state index contributed by atoms with van der Waals surface area (Å²) in [7, 11) is -1.82. The maximum Gasteiger partial charge on any atom is 0.271 e. The van der Waals surface area contributed by atoms with Crippen LogP contribution in [0.2, 0.25) is 0 Å². The fourth-order valence-electron chi connectivity index (χ4n) is 2.12. The first-order chi connectivity index (χ1) is 11.7. The maximum absolute atomic E-state index is 13.7. The number of non-ortho nitro benzene ring substituents is 1. The lowest BCUT2D eigenvalue weighted by Gasteiger charge is -2.19. The molecule has 0 radical (unpaired) electrons. The molecule has 10 heteroatoms. The second kappa shape index (κ2) is 7.11. The van der Waals surface area contributed by atoms with Gasteiger partial charge in [0, 0.05) is 37.4 Å². The van der Waals surface area contributed by atoms with E-state index in [-0.39, 0.29) is 17.9 Å². The van der Waals surface area contributed by atoms with Crippen LogP contribution in [0, 0.1) is 21.7 Å². The molecule has 0 aliphatic rings. The molecule has 0 fully saturated rings. The lowest BCUT2D eigenvalue weighted by molar-refractivity contribution is -0.385. The van der Waals surface area contributed by atoms with Crippen LogP contribution in [0.3, 0.4) is 0 Å². The van der Waals surface area contributed by atoms with E-state index in [1.807, 2.05) is 0 Å². The molecule has 0 atom stereocenters. The summed E-state index contributed by atoms with van der Waals surface area (Å²) in [5.74, 6) is -1.77. The van der Waals surface area contributed by atoms with E-state index < -0.39 is 37.2 Å². The van der Waals surface area contributed by atoms with Crippen LogP contribution >= 0.6 is 0 Å². The zero-order chi connectivity index (χ0) is 18.8. The van der Waals surface area contributed by atoms with Crippen LogP contribution < -0.4 is 4.74 Å². The summed E-state index contributed by atoms with van der Waals surface area (Å²) in [4.78, 5) is 9.73. The number of sulfonamides is 1. The SMILES string of the molecule is COc1ccc([N+](=O)[O-])cc1S(=O)(=O)N(C)Cc1ccc(F)cc1F. The molecular formula is C15H14F2N2O5S. The third-order valence-corrected chi connectivity index (χ3v) is 5.28. The average Bonchev–Trinajstić information content (AvgIpc) is 2.56. The normalized spacial score (nSPS) is 11.6. The molecule has 0 aliphatic heterocycles. The van der Waals surface area contributed by atoms with Gasteiger partial charge in [-0.2, -0.15) is 4.31 Å². The number of hydrogen-bond donors (Lipinski definition) is 0. The van der Waals surface area contributed by atoms with Gasteiger partial charge in [-0.25, -0.2) is 17.2 Å². The first kappa shape index (κ1) is 18.7. The summed E-state index contributed by atoms with van der Waals surface area (Å²) in [6, 6.07) is 5.92. The standard InChI is InChI=1S/C15H14F2N2O5S/c1-18(9-10-3-4-11(16)7-13(10)17)25(22,23)15-8-12(19(20)21)5-6-14(15)24-2/h3-8H,9H2,1-2H3. The van der Waals surface area contributed by atoms with Crippen molar-refractivity contribution in [2.75, 3.05) is 14.2 Å². The van der Waals surface area contributed by atoms with Gasteiger partial charge in [0.1, 0.15) is 22.3 Å². The predicted molar refractivity (Wildman–Crippen MR) is 84.7 cm³/mol. The van der Waals surface area contributed by atoms with Crippen molar-refractivity contribution in [2.24, 2.45) is 0 Å². The number of hydrogen-bond acceptors (Lipinski definition) is 5. The lowest BCUT2D eigenvalue weighted by atomic mass is 10.2. The minimum absolute atomic E-state index is 0.0446. The zero-order valence-electron chi connectivity index (χ0n) is 13.3. The highest BCUT2D eigenvalue weighted by Crippen LogP contribution is 2.30. The molecule has 0 saturated heterocycles. The fraction of sp³-hybridized carbons (Fsp3) is 0.200. The molecule has 0 unspecified atom stereocenters. The molecule has 0 saturated carbocycles. The van der Waals surface area contributed by atoms with Gasteiger partial charge in [-0.1, -0.05) is 6.07 Å². The summed E-state index contributed by atoms with van der Waals surface area (Å²) >= 11 is 0. The van der Waals surface area contributed by atoms with Crippen molar-refractivity contribution in [3.63, 3.8) is 0 Å². The number of nitrogens with zero attached hydrogens (tertiary/aromatic N) is 2. The van der Waals surface area contributed by atoms with Gasteiger partial charge in [0.2, 0.25) is 10.0 Å².